The SMILES string of the molecule is Cc1nc(CCNC(=O)NC(C)C(C)CO)cs1. The van der Waals surface area contributed by atoms with Crippen LogP contribution in [-0.4, -0.2) is 35.3 Å². The fraction of sp³-hybridized carbons (Fsp3) is 0.667. The Balaban J connectivity index is 2.21. The number of thiazole rings is 1. The van der Waals surface area contributed by atoms with E-state index in [4.69, 9.17) is 5.11 Å². The van der Waals surface area contributed by atoms with E-state index < -0.39 is 0 Å². The Bertz CT molecular complexity index is 381. The lowest BCUT2D eigenvalue weighted by molar-refractivity contribution is 0.200. The number of aliphatic hydroxyl groups is 1. The smallest absolute Gasteiger partial charge is 0.315 e. The van der Waals surface area contributed by atoms with E-state index in [2.05, 4.69) is 15.6 Å². The van der Waals surface area contributed by atoms with E-state index in [1.807, 2.05) is 26.2 Å². The second-order valence-corrected chi connectivity index (χ2v) is 5.52. The van der Waals surface area contributed by atoms with Gasteiger partial charge in [-0.25, -0.2) is 9.78 Å². The van der Waals surface area contributed by atoms with Crippen LogP contribution in [0.25, 0.3) is 0 Å². The lowest BCUT2D eigenvalue weighted by atomic mass is 10.1. The highest BCUT2D eigenvalue weighted by atomic mass is 32.1. The molecule has 5 nitrogen and oxygen atoms in total. The normalized spacial score (nSPS) is 14.0. The standard InChI is InChI=1S/C12H21N3O2S/c1-8(6-16)9(2)14-12(17)13-5-4-11-7-18-10(3)15-11/h7-9,16H,4-6H2,1-3H3,(H2,13,14,17). The summed E-state index contributed by atoms with van der Waals surface area (Å²) in [6, 6.07) is -0.244. The van der Waals surface area contributed by atoms with Crippen molar-refractivity contribution >= 4 is 17.4 Å². The third kappa shape index (κ3) is 5.01. The van der Waals surface area contributed by atoms with Crippen LogP contribution >= 0.6 is 11.3 Å². The van der Waals surface area contributed by atoms with Crippen molar-refractivity contribution in [1.82, 2.24) is 15.6 Å². The number of aryl methyl sites for hydroxylation is 1. The molecule has 0 aliphatic rings. The van der Waals surface area contributed by atoms with Gasteiger partial charge < -0.3 is 15.7 Å². The first-order valence-electron chi connectivity index (χ1n) is 6.09. The summed E-state index contributed by atoms with van der Waals surface area (Å²) < 4.78 is 0. The van der Waals surface area contributed by atoms with Crippen molar-refractivity contribution in [3.63, 3.8) is 0 Å². The molecule has 0 aliphatic heterocycles. The van der Waals surface area contributed by atoms with Gasteiger partial charge in [0.1, 0.15) is 0 Å². The summed E-state index contributed by atoms with van der Waals surface area (Å²) in [7, 11) is 0. The number of carbonyl (C=O) groups is 1. The van der Waals surface area contributed by atoms with Crippen LogP contribution < -0.4 is 10.6 Å². The Kier molecular flexibility index (Phi) is 6.07. The number of nitrogens with zero attached hydrogens (tertiary/aromatic N) is 1. The van der Waals surface area contributed by atoms with Gasteiger partial charge in [0.15, 0.2) is 0 Å². The second-order valence-electron chi connectivity index (χ2n) is 4.46. The Labute approximate surface area is 112 Å². The fourth-order valence-electron chi connectivity index (χ4n) is 1.39. The number of carbonyl (C=O) groups excluding carboxylic acids is 1. The first-order chi connectivity index (χ1) is 8.52. The van der Waals surface area contributed by atoms with Gasteiger partial charge in [-0.15, -0.1) is 11.3 Å². The fourth-order valence-corrected chi connectivity index (χ4v) is 2.03. The van der Waals surface area contributed by atoms with Crippen molar-refractivity contribution in [1.29, 1.82) is 0 Å². The summed E-state index contributed by atoms with van der Waals surface area (Å²) in [4.78, 5) is 15.9. The number of nitrogens with one attached hydrogen (secondary N) is 2. The van der Waals surface area contributed by atoms with Crippen LogP contribution in [0.1, 0.15) is 24.5 Å². The third-order valence-electron chi connectivity index (χ3n) is 2.83. The van der Waals surface area contributed by atoms with E-state index in [9.17, 15) is 4.79 Å². The maximum absolute atomic E-state index is 11.5. The molecular weight excluding hydrogens is 250 g/mol. The van der Waals surface area contributed by atoms with Gasteiger partial charge in [0, 0.05) is 31.0 Å². The molecule has 2 amide bonds. The number of amides is 2. The van der Waals surface area contributed by atoms with Crippen molar-refractivity contribution in [2.24, 2.45) is 5.92 Å². The first-order valence-corrected chi connectivity index (χ1v) is 6.97. The molecule has 1 heterocycles. The topological polar surface area (TPSA) is 74.2 Å². The number of urea groups is 1. The number of hydrogen-bond acceptors (Lipinski definition) is 4. The van der Waals surface area contributed by atoms with Gasteiger partial charge in [0.05, 0.1) is 10.7 Å². The predicted molar refractivity (Wildman–Crippen MR) is 72.8 cm³/mol. The molecule has 0 fully saturated rings. The minimum absolute atomic E-state index is 0.0449. The molecule has 0 bridgehead atoms. The highest BCUT2D eigenvalue weighted by Gasteiger charge is 2.13. The van der Waals surface area contributed by atoms with Gasteiger partial charge in [-0.1, -0.05) is 6.92 Å². The van der Waals surface area contributed by atoms with Gasteiger partial charge in [-0.05, 0) is 19.8 Å². The molecule has 2 atom stereocenters. The molecule has 0 spiro atoms. The van der Waals surface area contributed by atoms with Crippen molar-refractivity contribution < 1.29 is 9.90 Å². The van der Waals surface area contributed by atoms with E-state index in [0.29, 0.717) is 6.54 Å². The molecule has 1 rings (SSSR count). The monoisotopic (exact) mass is 271 g/mol. The van der Waals surface area contributed by atoms with Crippen LogP contribution in [0.3, 0.4) is 0 Å². The molecule has 2 unspecified atom stereocenters. The Morgan fingerprint density at radius 1 is 1.56 bits per heavy atom. The molecule has 6 heteroatoms. The number of rotatable bonds is 6. The lowest BCUT2D eigenvalue weighted by Gasteiger charge is -2.19. The molecule has 0 saturated heterocycles. The highest BCUT2D eigenvalue weighted by molar-refractivity contribution is 7.09. The van der Waals surface area contributed by atoms with Crippen LogP contribution in [0.4, 0.5) is 4.79 Å². The zero-order valence-corrected chi connectivity index (χ0v) is 11.9. The van der Waals surface area contributed by atoms with Crippen LogP contribution in [0.15, 0.2) is 5.38 Å². The molecule has 1 aromatic rings. The molecule has 1 aromatic heterocycles. The van der Waals surface area contributed by atoms with Crippen molar-refractivity contribution in [2.45, 2.75) is 33.2 Å². The van der Waals surface area contributed by atoms with E-state index in [-0.39, 0.29) is 24.6 Å². The summed E-state index contributed by atoms with van der Waals surface area (Å²) in [6.07, 6.45) is 0.738. The molecule has 18 heavy (non-hydrogen) atoms. The maximum Gasteiger partial charge on any atom is 0.315 e. The summed E-state index contributed by atoms with van der Waals surface area (Å²) in [6.45, 7) is 6.37. The molecule has 0 radical (unpaired) electrons. The van der Waals surface area contributed by atoms with Crippen molar-refractivity contribution in [3.8, 4) is 0 Å². The van der Waals surface area contributed by atoms with Gasteiger partial charge in [0.2, 0.25) is 0 Å². The van der Waals surface area contributed by atoms with E-state index in [1.165, 1.54) is 0 Å². The van der Waals surface area contributed by atoms with Gasteiger partial charge in [0.25, 0.3) is 0 Å². The molecule has 0 aromatic carbocycles. The van der Waals surface area contributed by atoms with Crippen LogP contribution in [0.5, 0.6) is 0 Å². The molecule has 3 N–H and O–H groups in total. The number of hydrogen-bond donors (Lipinski definition) is 3. The summed E-state index contributed by atoms with van der Waals surface area (Å²) in [5.74, 6) is 0.0527. The average molecular weight is 271 g/mol. The zero-order valence-electron chi connectivity index (χ0n) is 11.1. The second kappa shape index (κ2) is 7.33. The lowest BCUT2D eigenvalue weighted by Crippen LogP contribution is -2.44. The molecule has 102 valence electrons. The minimum Gasteiger partial charge on any atom is -0.396 e. The van der Waals surface area contributed by atoms with E-state index in [1.54, 1.807) is 11.3 Å². The largest absolute Gasteiger partial charge is 0.396 e. The Morgan fingerprint density at radius 2 is 2.28 bits per heavy atom. The summed E-state index contributed by atoms with van der Waals surface area (Å²) >= 11 is 1.61. The minimum atomic E-state index is -0.199. The summed E-state index contributed by atoms with van der Waals surface area (Å²) in [5, 5.41) is 17.6. The Morgan fingerprint density at radius 3 is 2.83 bits per heavy atom. The van der Waals surface area contributed by atoms with E-state index in [0.717, 1.165) is 17.1 Å². The van der Waals surface area contributed by atoms with Gasteiger partial charge >= 0.3 is 6.03 Å². The van der Waals surface area contributed by atoms with Crippen molar-refractivity contribution in [2.75, 3.05) is 13.2 Å². The van der Waals surface area contributed by atoms with Crippen LogP contribution in [0, 0.1) is 12.8 Å². The number of aliphatic hydroxyl groups excluding tert-OH is 1. The molecule has 0 saturated carbocycles. The third-order valence-corrected chi connectivity index (χ3v) is 3.66. The predicted octanol–water partition coefficient (Wildman–Crippen LogP) is 1.31. The van der Waals surface area contributed by atoms with Crippen molar-refractivity contribution in [3.05, 3.63) is 16.1 Å². The van der Waals surface area contributed by atoms with Crippen LogP contribution in [-0.2, 0) is 6.42 Å². The summed E-state index contributed by atoms with van der Waals surface area (Å²) in [5.41, 5.74) is 1.01. The quantitative estimate of drug-likeness (QED) is 0.730. The molecule has 0 aliphatic carbocycles. The average Bonchev–Trinajstić information content (AvgIpc) is 2.73. The molecular formula is C12H21N3O2S. The van der Waals surface area contributed by atoms with Gasteiger partial charge in [-0.3, -0.25) is 0 Å². The first kappa shape index (κ1) is 14.9. The maximum atomic E-state index is 11.5. The van der Waals surface area contributed by atoms with Crippen LogP contribution in [0.2, 0.25) is 0 Å². The number of aromatic nitrogens is 1. The van der Waals surface area contributed by atoms with E-state index >= 15 is 0 Å². The zero-order chi connectivity index (χ0) is 13.5. The Hall–Kier alpha value is -1.14. The highest BCUT2D eigenvalue weighted by Crippen LogP contribution is 2.07. The van der Waals surface area contributed by atoms with Gasteiger partial charge in [-0.2, -0.15) is 0 Å².